The van der Waals surface area contributed by atoms with E-state index >= 15 is 0 Å². The highest BCUT2D eigenvalue weighted by molar-refractivity contribution is 7.20. The number of fused-ring (bicyclic) bond motifs is 1. The van der Waals surface area contributed by atoms with Crippen LogP contribution in [-0.4, -0.2) is 42.0 Å². The van der Waals surface area contributed by atoms with Gasteiger partial charge in [0.2, 0.25) is 0 Å². The maximum absolute atomic E-state index is 13.0. The van der Waals surface area contributed by atoms with Crippen molar-refractivity contribution in [3.05, 3.63) is 70.7 Å². The Morgan fingerprint density at radius 3 is 2.55 bits per heavy atom. The van der Waals surface area contributed by atoms with E-state index in [1.54, 1.807) is 0 Å². The lowest BCUT2D eigenvalue weighted by Crippen LogP contribution is -2.36. The summed E-state index contributed by atoms with van der Waals surface area (Å²) >= 11 is 1.46. The predicted molar refractivity (Wildman–Crippen MR) is 126 cm³/mol. The summed E-state index contributed by atoms with van der Waals surface area (Å²) < 4.78 is 7.35. The number of nitrogens with zero attached hydrogens (tertiary/aromatic N) is 3. The SMILES string of the molecule is Cc1cc(N2CCOCC2)ccc1NC(=O)c1cc2c(C)nn(-c3ccccc3)c2s1. The van der Waals surface area contributed by atoms with E-state index in [9.17, 15) is 4.79 Å². The van der Waals surface area contributed by atoms with Gasteiger partial charge in [0.25, 0.3) is 5.91 Å². The second-order valence-electron chi connectivity index (χ2n) is 7.72. The van der Waals surface area contributed by atoms with Gasteiger partial charge in [-0.25, -0.2) is 4.68 Å². The van der Waals surface area contributed by atoms with Crippen molar-refractivity contribution in [2.45, 2.75) is 13.8 Å². The molecule has 0 saturated carbocycles. The van der Waals surface area contributed by atoms with Gasteiger partial charge in [-0.1, -0.05) is 18.2 Å². The fourth-order valence-electron chi connectivity index (χ4n) is 3.89. The molecule has 0 spiro atoms. The molecule has 7 heteroatoms. The third-order valence-electron chi connectivity index (χ3n) is 5.60. The van der Waals surface area contributed by atoms with E-state index in [4.69, 9.17) is 4.74 Å². The molecule has 1 amide bonds. The maximum Gasteiger partial charge on any atom is 0.265 e. The zero-order valence-corrected chi connectivity index (χ0v) is 18.4. The molecule has 31 heavy (non-hydrogen) atoms. The minimum atomic E-state index is -0.0950. The number of carbonyl (C=O) groups excluding carboxylic acids is 1. The van der Waals surface area contributed by atoms with Crippen LogP contribution >= 0.6 is 11.3 Å². The number of thiophene rings is 1. The molecule has 1 saturated heterocycles. The van der Waals surface area contributed by atoms with Crippen molar-refractivity contribution in [2.75, 3.05) is 36.5 Å². The van der Waals surface area contributed by atoms with Crippen molar-refractivity contribution >= 4 is 38.8 Å². The van der Waals surface area contributed by atoms with Crippen LogP contribution in [0.4, 0.5) is 11.4 Å². The Hall–Kier alpha value is -3.16. The molecule has 3 heterocycles. The number of hydrogen-bond donors (Lipinski definition) is 1. The van der Waals surface area contributed by atoms with Crippen molar-refractivity contribution < 1.29 is 9.53 Å². The number of benzene rings is 2. The first-order valence-corrected chi connectivity index (χ1v) is 11.2. The first-order valence-electron chi connectivity index (χ1n) is 10.4. The summed E-state index contributed by atoms with van der Waals surface area (Å²) in [5.41, 5.74) is 4.95. The van der Waals surface area contributed by atoms with Crippen LogP contribution in [0, 0.1) is 13.8 Å². The molecule has 0 radical (unpaired) electrons. The zero-order chi connectivity index (χ0) is 21.4. The van der Waals surface area contributed by atoms with Crippen molar-refractivity contribution in [1.29, 1.82) is 0 Å². The molecule has 1 N–H and O–H groups in total. The molecule has 6 nitrogen and oxygen atoms in total. The minimum absolute atomic E-state index is 0.0950. The summed E-state index contributed by atoms with van der Waals surface area (Å²) in [6.07, 6.45) is 0. The van der Waals surface area contributed by atoms with Gasteiger partial charge in [-0.15, -0.1) is 11.3 Å². The molecule has 1 fully saturated rings. The molecule has 0 atom stereocenters. The molecule has 5 rings (SSSR count). The first-order chi connectivity index (χ1) is 15.1. The van der Waals surface area contributed by atoms with E-state index in [-0.39, 0.29) is 5.91 Å². The molecule has 2 aromatic carbocycles. The van der Waals surface area contributed by atoms with Gasteiger partial charge < -0.3 is 15.0 Å². The summed E-state index contributed by atoms with van der Waals surface area (Å²) in [6, 6.07) is 18.1. The average Bonchev–Trinajstić information content (AvgIpc) is 3.37. The van der Waals surface area contributed by atoms with E-state index in [2.05, 4.69) is 27.4 Å². The summed E-state index contributed by atoms with van der Waals surface area (Å²) in [7, 11) is 0. The largest absolute Gasteiger partial charge is 0.378 e. The number of para-hydroxylation sites is 1. The number of hydrogen-bond acceptors (Lipinski definition) is 5. The van der Waals surface area contributed by atoms with Gasteiger partial charge in [0.15, 0.2) is 0 Å². The van der Waals surface area contributed by atoms with Crippen molar-refractivity contribution in [3.63, 3.8) is 0 Å². The number of amides is 1. The van der Waals surface area contributed by atoms with Crippen LogP contribution in [0.3, 0.4) is 0 Å². The van der Waals surface area contributed by atoms with Crippen LogP contribution in [0.15, 0.2) is 54.6 Å². The molecule has 4 aromatic rings. The van der Waals surface area contributed by atoms with Gasteiger partial charge in [-0.3, -0.25) is 4.79 Å². The van der Waals surface area contributed by atoms with Crippen LogP contribution in [0.25, 0.3) is 15.9 Å². The van der Waals surface area contributed by atoms with Crippen LogP contribution in [0.5, 0.6) is 0 Å². The third-order valence-corrected chi connectivity index (χ3v) is 6.71. The zero-order valence-electron chi connectivity index (χ0n) is 17.6. The van der Waals surface area contributed by atoms with Gasteiger partial charge in [0, 0.05) is 29.9 Å². The Kier molecular flexibility index (Phi) is 5.21. The van der Waals surface area contributed by atoms with E-state index in [1.807, 2.05) is 61.0 Å². The molecule has 1 aliphatic heterocycles. The second-order valence-corrected chi connectivity index (χ2v) is 8.75. The topological polar surface area (TPSA) is 59.4 Å². The standard InChI is InChI=1S/C24H24N4O2S/c1-16-14-19(27-10-12-30-13-11-27)8-9-21(16)25-23(29)22-15-20-17(2)26-28(24(20)31-22)18-6-4-3-5-7-18/h3-9,14-15H,10-13H2,1-2H3,(H,25,29). The summed E-state index contributed by atoms with van der Waals surface area (Å²) in [6.45, 7) is 7.30. The number of aryl methyl sites for hydroxylation is 2. The monoisotopic (exact) mass is 432 g/mol. The van der Waals surface area contributed by atoms with Gasteiger partial charge in [-0.2, -0.15) is 5.10 Å². The van der Waals surface area contributed by atoms with Crippen LogP contribution in [-0.2, 0) is 4.74 Å². The van der Waals surface area contributed by atoms with Gasteiger partial charge in [0.1, 0.15) is 4.83 Å². The van der Waals surface area contributed by atoms with Gasteiger partial charge in [-0.05, 0) is 55.8 Å². The number of aromatic nitrogens is 2. The maximum atomic E-state index is 13.0. The van der Waals surface area contributed by atoms with E-state index in [1.165, 1.54) is 17.0 Å². The predicted octanol–water partition coefficient (Wildman–Crippen LogP) is 4.79. The lowest BCUT2D eigenvalue weighted by atomic mass is 10.1. The average molecular weight is 433 g/mol. The lowest BCUT2D eigenvalue weighted by molar-refractivity contribution is 0.103. The highest BCUT2D eigenvalue weighted by Crippen LogP contribution is 2.31. The van der Waals surface area contributed by atoms with E-state index in [0.717, 1.165) is 59.2 Å². The van der Waals surface area contributed by atoms with Gasteiger partial charge in [0.05, 0.1) is 29.5 Å². The van der Waals surface area contributed by atoms with Crippen molar-refractivity contribution in [2.24, 2.45) is 0 Å². The molecule has 2 aromatic heterocycles. The van der Waals surface area contributed by atoms with Crippen molar-refractivity contribution in [3.8, 4) is 5.69 Å². The Balaban J connectivity index is 1.39. The third kappa shape index (κ3) is 3.82. The molecular formula is C24H24N4O2S. The number of carbonyl (C=O) groups is 1. The van der Waals surface area contributed by atoms with Crippen LogP contribution in [0.2, 0.25) is 0 Å². The fourth-order valence-corrected chi connectivity index (χ4v) is 4.97. The molecule has 0 unspecified atom stereocenters. The van der Waals surface area contributed by atoms with Gasteiger partial charge >= 0.3 is 0 Å². The highest BCUT2D eigenvalue weighted by atomic mass is 32.1. The fraction of sp³-hybridized carbons (Fsp3) is 0.250. The number of anilines is 2. The highest BCUT2D eigenvalue weighted by Gasteiger charge is 2.18. The Bertz CT molecular complexity index is 1240. The molecular weight excluding hydrogens is 408 g/mol. The summed E-state index contributed by atoms with van der Waals surface area (Å²) in [5, 5.41) is 8.75. The lowest BCUT2D eigenvalue weighted by Gasteiger charge is -2.29. The van der Waals surface area contributed by atoms with Crippen molar-refractivity contribution in [1.82, 2.24) is 9.78 Å². The second kappa shape index (κ2) is 8.17. The molecule has 0 aliphatic carbocycles. The van der Waals surface area contributed by atoms with E-state index in [0.29, 0.717) is 4.88 Å². The number of rotatable bonds is 4. The smallest absolute Gasteiger partial charge is 0.265 e. The van der Waals surface area contributed by atoms with Crippen LogP contribution < -0.4 is 10.2 Å². The molecule has 1 aliphatic rings. The first kappa shape index (κ1) is 19.8. The Morgan fingerprint density at radius 1 is 1.03 bits per heavy atom. The number of nitrogens with one attached hydrogen (secondary N) is 1. The van der Waals surface area contributed by atoms with E-state index < -0.39 is 0 Å². The van der Waals surface area contributed by atoms with Crippen LogP contribution in [0.1, 0.15) is 20.9 Å². The molecule has 0 bridgehead atoms. The Labute approximate surface area is 185 Å². The summed E-state index contributed by atoms with van der Waals surface area (Å²) in [4.78, 5) is 17.0. The molecule has 158 valence electrons. The summed E-state index contributed by atoms with van der Waals surface area (Å²) in [5.74, 6) is -0.0950. The minimum Gasteiger partial charge on any atom is -0.378 e. The quantitative estimate of drug-likeness (QED) is 0.504. The normalized spacial score (nSPS) is 14.2. The number of morpholine rings is 1. The number of ether oxygens (including phenoxy) is 1. The Morgan fingerprint density at radius 2 is 1.81 bits per heavy atom.